The fourth-order valence-corrected chi connectivity index (χ4v) is 2.91. The lowest BCUT2D eigenvalue weighted by atomic mass is 10.2. The molecule has 0 unspecified atom stereocenters. The van der Waals surface area contributed by atoms with Crippen LogP contribution in [0.4, 0.5) is 5.69 Å². The van der Waals surface area contributed by atoms with Gasteiger partial charge in [0.25, 0.3) is 0 Å². The van der Waals surface area contributed by atoms with Crippen LogP contribution < -0.4 is 10.1 Å². The Morgan fingerprint density at radius 3 is 2.54 bits per heavy atom. The summed E-state index contributed by atoms with van der Waals surface area (Å²) >= 11 is 3.35. The number of carbonyl (C=O) groups excluding carboxylic acids is 1. The minimum absolute atomic E-state index is 0.180. The molecule has 0 aromatic heterocycles. The average molecular weight is 412 g/mol. The first-order chi connectivity index (χ1) is 11.3. The quantitative estimate of drug-likeness (QED) is 0.705. The molecule has 2 rings (SSSR count). The number of benzene rings is 2. The smallest absolute Gasteiger partial charge is 0.224 e. The highest BCUT2D eigenvalue weighted by atomic mass is 79.9. The van der Waals surface area contributed by atoms with E-state index in [1.165, 1.54) is 12.1 Å². The molecule has 0 aliphatic rings. The summed E-state index contributed by atoms with van der Waals surface area (Å²) in [5.74, 6) is 0.569. The van der Waals surface area contributed by atoms with Gasteiger partial charge in [-0.2, -0.15) is 0 Å². The van der Waals surface area contributed by atoms with Gasteiger partial charge in [-0.3, -0.25) is 4.79 Å². The zero-order valence-electron chi connectivity index (χ0n) is 13.2. The van der Waals surface area contributed by atoms with E-state index in [2.05, 4.69) is 21.2 Å². The molecule has 0 aliphatic carbocycles. The molecule has 0 atom stereocenters. The maximum atomic E-state index is 11.9. The zero-order chi connectivity index (χ0) is 17.6. The molecule has 0 saturated heterocycles. The minimum Gasteiger partial charge on any atom is -0.494 e. The molecule has 24 heavy (non-hydrogen) atoms. The molecule has 0 spiro atoms. The lowest BCUT2D eigenvalue weighted by Gasteiger charge is -2.08. The molecule has 0 heterocycles. The van der Waals surface area contributed by atoms with Gasteiger partial charge in [0.05, 0.1) is 11.5 Å². The summed E-state index contributed by atoms with van der Waals surface area (Å²) in [6.07, 6.45) is 1.99. The van der Waals surface area contributed by atoms with E-state index in [-0.39, 0.29) is 10.8 Å². The SMILES string of the molecule is CS(=O)(=O)c1cccc(NC(=O)CCCOc2ccc(Br)cc2)c1. The van der Waals surface area contributed by atoms with Crippen molar-refractivity contribution in [1.82, 2.24) is 0 Å². The predicted octanol–water partition coefficient (Wildman–Crippen LogP) is 3.65. The third kappa shape index (κ3) is 5.98. The maximum Gasteiger partial charge on any atom is 0.224 e. The molecule has 0 aliphatic heterocycles. The van der Waals surface area contributed by atoms with E-state index < -0.39 is 9.84 Å². The Morgan fingerprint density at radius 1 is 1.17 bits per heavy atom. The van der Waals surface area contributed by atoms with Gasteiger partial charge in [-0.05, 0) is 48.9 Å². The maximum absolute atomic E-state index is 11.9. The van der Waals surface area contributed by atoms with E-state index in [1.807, 2.05) is 24.3 Å². The van der Waals surface area contributed by atoms with Gasteiger partial charge in [-0.15, -0.1) is 0 Å². The van der Waals surface area contributed by atoms with Gasteiger partial charge in [0.15, 0.2) is 9.84 Å². The molecule has 5 nitrogen and oxygen atoms in total. The summed E-state index contributed by atoms with van der Waals surface area (Å²) in [6, 6.07) is 13.7. The number of nitrogens with one attached hydrogen (secondary N) is 1. The largest absolute Gasteiger partial charge is 0.494 e. The number of anilines is 1. The summed E-state index contributed by atoms with van der Waals surface area (Å²) in [6.45, 7) is 0.429. The van der Waals surface area contributed by atoms with Crippen LogP contribution in [0.1, 0.15) is 12.8 Å². The van der Waals surface area contributed by atoms with Crippen molar-refractivity contribution in [2.24, 2.45) is 0 Å². The van der Waals surface area contributed by atoms with Gasteiger partial charge in [-0.25, -0.2) is 8.42 Å². The van der Waals surface area contributed by atoms with Crippen molar-refractivity contribution in [3.05, 3.63) is 53.0 Å². The van der Waals surface area contributed by atoms with Crippen molar-refractivity contribution >= 4 is 37.4 Å². The minimum atomic E-state index is -3.29. The van der Waals surface area contributed by atoms with Gasteiger partial charge >= 0.3 is 0 Å². The lowest BCUT2D eigenvalue weighted by Crippen LogP contribution is -2.13. The first-order valence-corrected chi connectivity index (χ1v) is 10.0. The fraction of sp³-hybridized carbons (Fsp3) is 0.235. The van der Waals surface area contributed by atoms with Crippen LogP contribution >= 0.6 is 15.9 Å². The van der Waals surface area contributed by atoms with Gasteiger partial charge in [0.2, 0.25) is 5.91 Å². The molecule has 128 valence electrons. The Bertz CT molecular complexity index is 804. The third-order valence-corrected chi connectivity index (χ3v) is 4.82. The second kappa shape index (κ2) is 8.30. The van der Waals surface area contributed by atoms with Crippen molar-refractivity contribution in [2.75, 3.05) is 18.2 Å². The van der Waals surface area contributed by atoms with Gasteiger partial charge < -0.3 is 10.1 Å². The summed E-state index contributed by atoms with van der Waals surface area (Å²) < 4.78 is 29.5. The van der Waals surface area contributed by atoms with Crippen molar-refractivity contribution in [3.63, 3.8) is 0 Å². The Labute approximate surface area is 150 Å². The van der Waals surface area contributed by atoms with Crippen molar-refractivity contribution in [3.8, 4) is 5.75 Å². The van der Waals surface area contributed by atoms with Crippen molar-refractivity contribution in [1.29, 1.82) is 0 Å². The van der Waals surface area contributed by atoms with Gasteiger partial charge in [0.1, 0.15) is 5.75 Å². The number of hydrogen-bond donors (Lipinski definition) is 1. The lowest BCUT2D eigenvalue weighted by molar-refractivity contribution is -0.116. The second-order valence-corrected chi connectivity index (χ2v) is 8.19. The Hall–Kier alpha value is -1.86. The molecule has 0 bridgehead atoms. The van der Waals surface area contributed by atoms with E-state index in [4.69, 9.17) is 4.74 Å². The highest BCUT2D eigenvalue weighted by Crippen LogP contribution is 2.17. The molecule has 1 N–H and O–H groups in total. The molecule has 7 heteroatoms. The van der Waals surface area contributed by atoms with Crippen LogP contribution in [-0.4, -0.2) is 27.2 Å². The zero-order valence-corrected chi connectivity index (χ0v) is 15.6. The molecule has 1 amide bonds. The van der Waals surface area contributed by atoms with Crippen LogP contribution in [0, 0.1) is 0 Å². The van der Waals surface area contributed by atoms with Crippen LogP contribution in [0.15, 0.2) is 57.9 Å². The average Bonchev–Trinajstić information content (AvgIpc) is 2.53. The summed E-state index contributed by atoms with van der Waals surface area (Å²) in [7, 11) is -3.29. The van der Waals surface area contributed by atoms with E-state index in [0.717, 1.165) is 16.5 Å². The van der Waals surface area contributed by atoms with Crippen LogP contribution in [0.25, 0.3) is 0 Å². The number of rotatable bonds is 7. The first-order valence-electron chi connectivity index (χ1n) is 7.33. The summed E-state index contributed by atoms with van der Waals surface area (Å²) in [5, 5.41) is 2.70. The van der Waals surface area contributed by atoms with Gasteiger partial charge in [-0.1, -0.05) is 22.0 Å². The standard InChI is InChI=1S/C17H18BrNO4S/c1-24(21,22)16-5-2-4-14(12-16)19-17(20)6-3-11-23-15-9-7-13(18)8-10-15/h2,4-5,7-10,12H,3,6,11H2,1H3,(H,19,20). The monoisotopic (exact) mass is 411 g/mol. The molecular formula is C17H18BrNO4S. The van der Waals surface area contributed by atoms with Crippen molar-refractivity contribution < 1.29 is 17.9 Å². The van der Waals surface area contributed by atoms with Crippen LogP contribution in [0.5, 0.6) is 5.75 Å². The predicted molar refractivity (Wildman–Crippen MR) is 97.1 cm³/mol. The molecule has 0 saturated carbocycles. The number of sulfone groups is 1. The molecular weight excluding hydrogens is 394 g/mol. The van der Waals surface area contributed by atoms with E-state index in [9.17, 15) is 13.2 Å². The topological polar surface area (TPSA) is 72.5 Å². The second-order valence-electron chi connectivity index (χ2n) is 5.25. The Balaban J connectivity index is 1.78. The van der Waals surface area contributed by atoms with Crippen LogP contribution in [-0.2, 0) is 14.6 Å². The van der Waals surface area contributed by atoms with Crippen molar-refractivity contribution in [2.45, 2.75) is 17.7 Å². The molecule has 2 aromatic carbocycles. The first kappa shape index (κ1) is 18.5. The number of carbonyl (C=O) groups is 1. The number of ether oxygens (including phenoxy) is 1. The fourth-order valence-electron chi connectivity index (χ4n) is 1.98. The van der Waals surface area contributed by atoms with E-state index >= 15 is 0 Å². The number of amides is 1. The third-order valence-electron chi connectivity index (χ3n) is 3.18. The summed E-state index contributed by atoms with van der Waals surface area (Å²) in [5.41, 5.74) is 0.469. The molecule has 0 radical (unpaired) electrons. The van der Waals surface area contributed by atoms with Crippen LogP contribution in [0.3, 0.4) is 0 Å². The molecule has 0 fully saturated rings. The molecule has 2 aromatic rings. The highest BCUT2D eigenvalue weighted by molar-refractivity contribution is 9.10. The van der Waals surface area contributed by atoms with Gasteiger partial charge in [0, 0.05) is 22.8 Å². The van der Waals surface area contributed by atoms with E-state index in [0.29, 0.717) is 25.1 Å². The highest BCUT2D eigenvalue weighted by Gasteiger charge is 2.09. The number of hydrogen-bond acceptors (Lipinski definition) is 4. The normalized spacial score (nSPS) is 11.1. The summed E-state index contributed by atoms with van der Waals surface area (Å²) in [4.78, 5) is 12.1. The Kier molecular flexibility index (Phi) is 6.39. The number of halogens is 1. The Morgan fingerprint density at radius 2 is 1.88 bits per heavy atom. The van der Waals surface area contributed by atoms with E-state index in [1.54, 1.807) is 12.1 Å². The van der Waals surface area contributed by atoms with Crippen LogP contribution in [0.2, 0.25) is 0 Å².